The van der Waals surface area contributed by atoms with Gasteiger partial charge in [0.2, 0.25) is 5.91 Å². The Balaban J connectivity index is 1.44. The van der Waals surface area contributed by atoms with Gasteiger partial charge in [0.15, 0.2) is 5.65 Å². The molecule has 0 atom stereocenters. The van der Waals surface area contributed by atoms with Gasteiger partial charge in [0.25, 0.3) is 0 Å². The van der Waals surface area contributed by atoms with Gasteiger partial charge in [0, 0.05) is 25.7 Å². The number of para-hydroxylation sites is 1. The molecule has 4 rings (SSSR count). The molecule has 0 aliphatic heterocycles. The molecule has 1 N–H and O–H groups in total. The van der Waals surface area contributed by atoms with E-state index in [1.807, 2.05) is 56.4 Å². The molecule has 1 amide bonds. The van der Waals surface area contributed by atoms with E-state index in [0.717, 1.165) is 22.2 Å². The van der Waals surface area contributed by atoms with Crippen LogP contribution >= 0.6 is 0 Å². The van der Waals surface area contributed by atoms with E-state index in [-0.39, 0.29) is 11.6 Å². The Hall–Kier alpha value is -3.42. The zero-order valence-corrected chi connectivity index (χ0v) is 15.9. The first-order valence-electron chi connectivity index (χ1n) is 9.27. The van der Waals surface area contributed by atoms with Crippen molar-refractivity contribution in [3.8, 4) is 0 Å². The lowest BCUT2D eigenvalue weighted by Gasteiger charge is -2.05. The summed E-state index contributed by atoms with van der Waals surface area (Å²) in [7, 11) is 0. The molecule has 1 aromatic carbocycles. The second kappa shape index (κ2) is 7.30. The van der Waals surface area contributed by atoms with E-state index in [1.54, 1.807) is 9.08 Å². The van der Waals surface area contributed by atoms with Gasteiger partial charge >= 0.3 is 5.69 Å². The summed E-state index contributed by atoms with van der Waals surface area (Å²) in [5, 5.41) is 12.6. The van der Waals surface area contributed by atoms with Gasteiger partial charge < -0.3 is 5.32 Å². The fourth-order valence-electron chi connectivity index (χ4n) is 3.33. The van der Waals surface area contributed by atoms with E-state index < -0.39 is 0 Å². The summed E-state index contributed by atoms with van der Waals surface area (Å²) in [6, 6.07) is 11.7. The first kappa shape index (κ1) is 18.0. The highest BCUT2D eigenvalue weighted by Crippen LogP contribution is 2.17. The van der Waals surface area contributed by atoms with Crippen molar-refractivity contribution in [3.63, 3.8) is 0 Å². The Morgan fingerprint density at radius 3 is 2.71 bits per heavy atom. The molecule has 0 aliphatic rings. The predicted octanol–water partition coefficient (Wildman–Crippen LogP) is 1.67. The van der Waals surface area contributed by atoms with Gasteiger partial charge in [-0.3, -0.25) is 9.48 Å². The van der Waals surface area contributed by atoms with Crippen LogP contribution in [0.1, 0.15) is 17.7 Å². The molecule has 0 unspecified atom stereocenters. The summed E-state index contributed by atoms with van der Waals surface area (Å²) < 4.78 is 4.79. The number of fused-ring (bicyclic) bond motifs is 3. The summed E-state index contributed by atoms with van der Waals surface area (Å²) in [4.78, 5) is 24.9. The van der Waals surface area contributed by atoms with Crippen molar-refractivity contribution >= 4 is 22.5 Å². The number of carbonyl (C=O) groups is 1. The number of pyridine rings is 1. The normalized spacial score (nSPS) is 11.4. The number of aryl methyl sites for hydroxylation is 3. The molecule has 8 nitrogen and oxygen atoms in total. The lowest BCUT2D eigenvalue weighted by molar-refractivity contribution is -0.121. The predicted molar refractivity (Wildman–Crippen MR) is 106 cm³/mol. The molecule has 0 bridgehead atoms. The quantitative estimate of drug-likeness (QED) is 0.553. The van der Waals surface area contributed by atoms with E-state index in [2.05, 4.69) is 15.5 Å². The maximum Gasteiger partial charge on any atom is 0.350 e. The smallest absolute Gasteiger partial charge is 0.350 e. The zero-order valence-electron chi connectivity index (χ0n) is 15.9. The summed E-state index contributed by atoms with van der Waals surface area (Å²) >= 11 is 0. The number of aromatic nitrogens is 5. The Morgan fingerprint density at radius 2 is 1.93 bits per heavy atom. The van der Waals surface area contributed by atoms with E-state index in [0.29, 0.717) is 31.7 Å². The minimum Gasteiger partial charge on any atom is -0.354 e. The monoisotopic (exact) mass is 378 g/mol. The summed E-state index contributed by atoms with van der Waals surface area (Å²) in [6.45, 7) is 5.04. The summed E-state index contributed by atoms with van der Waals surface area (Å²) in [5.41, 5.74) is 3.14. The minimum atomic E-state index is -0.198. The lowest BCUT2D eigenvalue weighted by Crippen LogP contribution is -2.31. The number of hydrogen-bond donors (Lipinski definition) is 1. The third kappa shape index (κ3) is 3.40. The van der Waals surface area contributed by atoms with Crippen LogP contribution in [0.3, 0.4) is 0 Å². The van der Waals surface area contributed by atoms with Crippen LogP contribution in [0.2, 0.25) is 0 Å². The van der Waals surface area contributed by atoms with Crippen LogP contribution < -0.4 is 11.0 Å². The molecule has 4 aromatic rings. The maximum atomic E-state index is 12.8. The third-order valence-electron chi connectivity index (χ3n) is 4.73. The topological polar surface area (TPSA) is 86.2 Å². The summed E-state index contributed by atoms with van der Waals surface area (Å²) in [6.07, 6.45) is 2.19. The Labute approximate surface area is 161 Å². The second-order valence-corrected chi connectivity index (χ2v) is 6.87. The van der Waals surface area contributed by atoms with Crippen LogP contribution in [-0.4, -0.2) is 36.4 Å². The maximum absolute atomic E-state index is 12.8. The first-order valence-corrected chi connectivity index (χ1v) is 9.27. The standard InChI is InChI=1S/C20H22N6O2/c1-14-13-16-5-3-4-6-17(16)26-19(14)23-25(20(26)28)12-9-21-18(27)8-11-24-10-7-15(2)22-24/h3-7,10,13H,8-9,11-12H2,1-2H3,(H,21,27). The van der Waals surface area contributed by atoms with Crippen molar-refractivity contribution in [1.29, 1.82) is 0 Å². The molecule has 0 saturated carbocycles. The van der Waals surface area contributed by atoms with Crippen molar-refractivity contribution in [3.05, 3.63) is 64.3 Å². The molecule has 0 fully saturated rings. The van der Waals surface area contributed by atoms with E-state index in [1.165, 1.54) is 4.68 Å². The van der Waals surface area contributed by atoms with Crippen molar-refractivity contribution in [2.75, 3.05) is 6.54 Å². The van der Waals surface area contributed by atoms with Crippen molar-refractivity contribution in [1.82, 2.24) is 29.3 Å². The number of nitrogens with zero attached hydrogens (tertiary/aromatic N) is 5. The number of nitrogens with one attached hydrogen (secondary N) is 1. The fraction of sp³-hybridized carbons (Fsp3) is 0.300. The summed E-state index contributed by atoms with van der Waals surface area (Å²) in [5.74, 6) is -0.0772. The van der Waals surface area contributed by atoms with Gasteiger partial charge in [-0.2, -0.15) is 5.10 Å². The molecule has 3 aromatic heterocycles. The first-order chi connectivity index (χ1) is 13.5. The van der Waals surface area contributed by atoms with Gasteiger partial charge in [-0.25, -0.2) is 13.9 Å². The highest BCUT2D eigenvalue weighted by Gasteiger charge is 2.12. The Kier molecular flexibility index (Phi) is 4.68. The van der Waals surface area contributed by atoms with E-state index in [4.69, 9.17) is 0 Å². The number of benzene rings is 1. The van der Waals surface area contributed by atoms with Gasteiger partial charge in [-0.1, -0.05) is 18.2 Å². The number of rotatable bonds is 6. The van der Waals surface area contributed by atoms with Crippen LogP contribution in [0.5, 0.6) is 0 Å². The molecule has 0 saturated heterocycles. The SMILES string of the molecule is Cc1ccn(CCC(=O)NCCn2nc3c(C)cc4ccccc4n3c2=O)n1. The van der Waals surface area contributed by atoms with E-state index >= 15 is 0 Å². The van der Waals surface area contributed by atoms with Gasteiger partial charge in [0.05, 0.1) is 17.8 Å². The van der Waals surface area contributed by atoms with Crippen molar-refractivity contribution in [2.45, 2.75) is 33.4 Å². The van der Waals surface area contributed by atoms with Crippen LogP contribution in [0.15, 0.2) is 47.4 Å². The molecule has 0 aliphatic carbocycles. The second-order valence-electron chi connectivity index (χ2n) is 6.87. The molecular weight excluding hydrogens is 356 g/mol. The van der Waals surface area contributed by atoms with Gasteiger partial charge in [0.1, 0.15) is 0 Å². The molecule has 28 heavy (non-hydrogen) atoms. The average molecular weight is 378 g/mol. The highest BCUT2D eigenvalue weighted by molar-refractivity contribution is 5.83. The highest BCUT2D eigenvalue weighted by atomic mass is 16.2. The molecule has 144 valence electrons. The Bertz CT molecular complexity index is 1220. The largest absolute Gasteiger partial charge is 0.354 e. The van der Waals surface area contributed by atoms with Crippen LogP contribution in [0.25, 0.3) is 16.6 Å². The fourth-order valence-corrected chi connectivity index (χ4v) is 3.33. The van der Waals surface area contributed by atoms with Crippen molar-refractivity contribution < 1.29 is 4.79 Å². The van der Waals surface area contributed by atoms with Crippen LogP contribution in [0.4, 0.5) is 0 Å². The number of hydrogen-bond acceptors (Lipinski definition) is 4. The number of carbonyl (C=O) groups excluding carboxylic acids is 1. The molecule has 0 radical (unpaired) electrons. The van der Waals surface area contributed by atoms with Crippen LogP contribution in [-0.2, 0) is 17.9 Å². The van der Waals surface area contributed by atoms with Crippen molar-refractivity contribution in [2.24, 2.45) is 0 Å². The van der Waals surface area contributed by atoms with Gasteiger partial charge in [-0.15, -0.1) is 5.10 Å². The van der Waals surface area contributed by atoms with Gasteiger partial charge in [-0.05, 0) is 43.0 Å². The third-order valence-corrected chi connectivity index (χ3v) is 4.73. The Morgan fingerprint density at radius 1 is 1.11 bits per heavy atom. The van der Waals surface area contributed by atoms with Crippen LogP contribution in [0, 0.1) is 13.8 Å². The molecule has 0 spiro atoms. The minimum absolute atomic E-state index is 0.0772. The average Bonchev–Trinajstić information content (AvgIpc) is 3.24. The lowest BCUT2D eigenvalue weighted by atomic mass is 10.1. The van der Waals surface area contributed by atoms with E-state index in [9.17, 15) is 9.59 Å². The number of amides is 1. The molecule has 3 heterocycles. The molecule has 8 heteroatoms. The zero-order chi connectivity index (χ0) is 19.7. The molecular formula is C20H22N6O2.